The number of nitrogens with one attached hydrogen (secondary N) is 1. The summed E-state index contributed by atoms with van der Waals surface area (Å²) in [4.78, 5) is 10.4. The maximum Gasteiger partial charge on any atom is 0.273 e. The van der Waals surface area contributed by atoms with E-state index >= 15 is 0 Å². The van der Waals surface area contributed by atoms with Crippen molar-refractivity contribution in [2.75, 3.05) is 6.54 Å². The summed E-state index contributed by atoms with van der Waals surface area (Å²) in [6, 6.07) is 2.59. The van der Waals surface area contributed by atoms with Gasteiger partial charge in [-0.15, -0.1) is 0 Å². The van der Waals surface area contributed by atoms with Gasteiger partial charge in [0.1, 0.15) is 0 Å². The minimum atomic E-state index is -3.67. The second-order valence-corrected chi connectivity index (χ2v) is 6.31. The first-order chi connectivity index (χ1) is 7.80. The van der Waals surface area contributed by atoms with Gasteiger partial charge < -0.3 is 4.42 Å². The smallest absolute Gasteiger partial charge is 0.273 e. The van der Waals surface area contributed by atoms with Crippen molar-refractivity contribution < 1.29 is 17.6 Å². The van der Waals surface area contributed by atoms with Gasteiger partial charge in [0.25, 0.3) is 10.0 Å². The Labute approximate surface area is 101 Å². The summed E-state index contributed by atoms with van der Waals surface area (Å²) in [6.45, 7) is 6.25. The quantitative estimate of drug-likeness (QED) is 0.790. The number of rotatable bonds is 6. The molecule has 0 spiro atoms. The first-order valence-electron chi connectivity index (χ1n) is 5.35. The lowest BCUT2D eigenvalue weighted by atomic mass is 9.91. The summed E-state index contributed by atoms with van der Waals surface area (Å²) in [7, 11) is -3.67. The number of carbonyl (C=O) groups is 1. The van der Waals surface area contributed by atoms with E-state index in [1.54, 1.807) is 0 Å². The van der Waals surface area contributed by atoms with Gasteiger partial charge in [-0.05, 0) is 24.0 Å². The third kappa shape index (κ3) is 3.67. The fraction of sp³-hybridized carbons (Fsp3) is 0.545. The lowest BCUT2D eigenvalue weighted by Crippen LogP contribution is -2.33. The van der Waals surface area contributed by atoms with Crippen LogP contribution in [0.25, 0.3) is 0 Å². The molecule has 96 valence electrons. The van der Waals surface area contributed by atoms with Crippen LogP contribution in [0.4, 0.5) is 0 Å². The van der Waals surface area contributed by atoms with Crippen molar-refractivity contribution in [1.82, 2.24) is 4.72 Å². The molecule has 0 saturated carbocycles. The maximum absolute atomic E-state index is 11.8. The second-order valence-electron chi connectivity index (χ2n) is 4.62. The van der Waals surface area contributed by atoms with Gasteiger partial charge in [0.05, 0.1) is 0 Å². The fourth-order valence-electron chi connectivity index (χ4n) is 1.03. The van der Waals surface area contributed by atoms with Gasteiger partial charge in [0, 0.05) is 6.54 Å². The Kier molecular flexibility index (Phi) is 4.11. The van der Waals surface area contributed by atoms with E-state index in [2.05, 4.69) is 4.72 Å². The van der Waals surface area contributed by atoms with Crippen molar-refractivity contribution in [1.29, 1.82) is 0 Å². The first kappa shape index (κ1) is 13.9. The van der Waals surface area contributed by atoms with Crippen LogP contribution in [0.15, 0.2) is 21.6 Å². The molecule has 0 saturated heterocycles. The van der Waals surface area contributed by atoms with Gasteiger partial charge in [-0.1, -0.05) is 20.8 Å². The van der Waals surface area contributed by atoms with Crippen LogP contribution in [-0.4, -0.2) is 21.2 Å². The van der Waals surface area contributed by atoms with E-state index in [0.29, 0.717) is 12.8 Å². The minimum absolute atomic E-state index is 0.000117. The topological polar surface area (TPSA) is 76.4 Å². The summed E-state index contributed by atoms with van der Waals surface area (Å²) in [5.41, 5.74) is -0.118. The van der Waals surface area contributed by atoms with Crippen molar-refractivity contribution in [3.05, 3.63) is 17.9 Å². The Morgan fingerprint density at radius 2 is 2.06 bits per heavy atom. The van der Waals surface area contributed by atoms with E-state index < -0.39 is 10.0 Å². The molecule has 1 aromatic rings. The standard InChI is InChI=1S/C11H17NO4S/c1-4-11(2,3)8-12-17(14,15)10-6-5-9(7-13)16-10/h5-7,12H,4,8H2,1-3H3. The zero-order valence-corrected chi connectivity index (χ0v) is 11.0. The molecule has 0 amide bonds. The number of carbonyl (C=O) groups excluding carboxylic acids is 1. The molecule has 0 fully saturated rings. The van der Waals surface area contributed by atoms with Gasteiger partial charge in [-0.3, -0.25) is 4.79 Å². The lowest BCUT2D eigenvalue weighted by Gasteiger charge is -2.22. The van der Waals surface area contributed by atoms with Crippen LogP contribution >= 0.6 is 0 Å². The molecule has 0 aromatic carbocycles. The monoisotopic (exact) mass is 259 g/mol. The summed E-state index contributed by atoms with van der Waals surface area (Å²) in [5, 5.41) is -0.230. The Bertz CT molecular complexity index is 487. The summed E-state index contributed by atoms with van der Waals surface area (Å²) < 4.78 is 31.0. The normalized spacial score (nSPS) is 12.6. The highest BCUT2D eigenvalue weighted by Gasteiger charge is 2.23. The van der Waals surface area contributed by atoms with Gasteiger partial charge in [-0.2, -0.15) is 0 Å². The Hall–Kier alpha value is -1.14. The molecular weight excluding hydrogens is 242 g/mol. The molecule has 17 heavy (non-hydrogen) atoms. The highest BCUT2D eigenvalue weighted by Crippen LogP contribution is 2.19. The van der Waals surface area contributed by atoms with Crippen LogP contribution in [0.5, 0.6) is 0 Å². The van der Waals surface area contributed by atoms with Crippen molar-refractivity contribution in [3.8, 4) is 0 Å². The van der Waals surface area contributed by atoms with Crippen LogP contribution in [-0.2, 0) is 10.0 Å². The van der Waals surface area contributed by atoms with E-state index in [1.165, 1.54) is 12.1 Å². The molecule has 0 unspecified atom stereocenters. The highest BCUT2D eigenvalue weighted by atomic mass is 32.2. The molecule has 1 rings (SSSR count). The van der Waals surface area contributed by atoms with E-state index in [0.717, 1.165) is 6.42 Å². The van der Waals surface area contributed by atoms with Gasteiger partial charge >= 0.3 is 0 Å². The molecule has 0 aliphatic rings. The third-order valence-corrected chi connectivity index (χ3v) is 3.95. The van der Waals surface area contributed by atoms with E-state index in [9.17, 15) is 13.2 Å². The average molecular weight is 259 g/mol. The summed E-state index contributed by atoms with van der Waals surface area (Å²) in [6.07, 6.45) is 1.32. The van der Waals surface area contributed by atoms with Crippen molar-refractivity contribution in [3.63, 3.8) is 0 Å². The number of hydrogen-bond acceptors (Lipinski definition) is 4. The largest absolute Gasteiger partial charge is 0.440 e. The molecular formula is C11H17NO4S. The predicted octanol–water partition coefficient (Wildman–Crippen LogP) is 1.81. The van der Waals surface area contributed by atoms with E-state index in [-0.39, 0.29) is 16.3 Å². The van der Waals surface area contributed by atoms with Crippen LogP contribution in [0.2, 0.25) is 0 Å². The second kappa shape index (κ2) is 5.01. The van der Waals surface area contributed by atoms with Gasteiger partial charge in [0.2, 0.25) is 5.09 Å². The molecule has 5 nitrogen and oxygen atoms in total. The average Bonchev–Trinajstić information content (AvgIpc) is 2.76. The zero-order chi connectivity index (χ0) is 13.1. The molecule has 1 aromatic heterocycles. The predicted molar refractivity (Wildman–Crippen MR) is 63.4 cm³/mol. The van der Waals surface area contributed by atoms with Crippen molar-refractivity contribution in [2.24, 2.45) is 5.41 Å². The number of sulfonamides is 1. The minimum Gasteiger partial charge on any atom is -0.440 e. The molecule has 0 aliphatic carbocycles. The van der Waals surface area contributed by atoms with E-state index in [4.69, 9.17) is 4.42 Å². The highest BCUT2D eigenvalue weighted by molar-refractivity contribution is 7.89. The summed E-state index contributed by atoms with van der Waals surface area (Å²) >= 11 is 0. The van der Waals surface area contributed by atoms with Gasteiger partial charge in [-0.25, -0.2) is 13.1 Å². The lowest BCUT2D eigenvalue weighted by molar-refractivity contribution is 0.109. The molecule has 0 bridgehead atoms. The van der Waals surface area contributed by atoms with Crippen molar-refractivity contribution in [2.45, 2.75) is 32.3 Å². The zero-order valence-electron chi connectivity index (χ0n) is 10.2. The first-order valence-corrected chi connectivity index (χ1v) is 6.84. The molecule has 1 heterocycles. The fourth-order valence-corrected chi connectivity index (χ4v) is 2.20. The maximum atomic E-state index is 11.8. The SMILES string of the molecule is CCC(C)(C)CNS(=O)(=O)c1ccc(C=O)o1. The van der Waals surface area contributed by atoms with E-state index in [1.807, 2.05) is 20.8 Å². The van der Waals surface area contributed by atoms with Crippen LogP contribution in [0.1, 0.15) is 37.7 Å². The Morgan fingerprint density at radius 1 is 1.41 bits per heavy atom. The van der Waals surface area contributed by atoms with Gasteiger partial charge in [0.15, 0.2) is 12.0 Å². The molecule has 0 radical (unpaired) electrons. The Balaban J connectivity index is 2.79. The summed E-state index contributed by atoms with van der Waals surface area (Å²) in [5.74, 6) is 0.000117. The third-order valence-electron chi connectivity index (χ3n) is 2.68. The Morgan fingerprint density at radius 3 is 2.53 bits per heavy atom. The van der Waals surface area contributed by atoms with Crippen LogP contribution in [0.3, 0.4) is 0 Å². The van der Waals surface area contributed by atoms with Crippen molar-refractivity contribution >= 4 is 16.3 Å². The number of aldehydes is 1. The molecule has 0 aliphatic heterocycles. The molecule has 6 heteroatoms. The number of hydrogen-bond donors (Lipinski definition) is 1. The van der Waals surface area contributed by atoms with Crippen LogP contribution < -0.4 is 4.72 Å². The molecule has 0 atom stereocenters. The van der Waals surface area contributed by atoms with Crippen LogP contribution in [0, 0.1) is 5.41 Å². The molecule has 1 N–H and O–H groups in total. The number of furan rings is 1.